The zero-order valence-corrected chi connectivity index (χ0v) is 15.0. The first-order valence-electron chi connectivity index (χ1n) is 9.27. The molecule has 4 heteroatoms. The summed E-state index contributed by atoms with van der Waals surface area (Å²) in [5.74, 6) is 1.62. The maximum atomic E-state index is 12.5. The van der Waals surface area contributed by atoms with E-state index in [1.165, 1.54) is 36.1 Å². The van der Waals surface area contributed by atoms with Gasteiger partial charge in [0, 0.05) is 25.3 Å². The maximum absolute atomic E-state index is 12.5. The molecule has 0 N–H and O–H groups in total. The van der Waals surface area contributed by atoms with Gasteiger partial charge >= 0.3 is 6.09 Å². The Labute approximate surface area is 144 Å². The number of rotatable bonds is 1. The molecule has 0 aromatic heterocycles. The molecule has 1 atom stereocenters. The molecule has 0 bridgehead atoms. The van der Waals surface area contributed by atoms with Gasteiger partial charge in [-0.15, -0.1) is 0 Å². The molecule has 1 amide bonds. The third kappa shape index (κ3) is 2.99. The molecule has 1 aliphatic carbocycles. The third-order valence-corrected chi connectivity index (χ3v) is 5.42. The molecular formula is C20H28N2O2. The number of carbonyl (C=O) groups is 1. The van der Waals surface area contributed by atoms with Crippen LogP contribution in [0, 0.1) is 5.92 Å². The van der Waals surface area contributed by atoms with E-state index < -0.39 is 5.60 Å². The molecule has 24 heavy (non-hydrogen) atoms. The monoisotopic (exact) mass is 328 g/mol. The Morgan fingerprint density at radius 1 is 1.12 bits per heavy atom. The van der Waals surface area contributed by atoms with Crippen LogP contribution in [-0.2, 0) is 11.3 Å². The van der Waals surface area contributed by atoms with E-state index in [2.05, 4.69) is 23.1 Å². The summed E-state index contributed by atoms with van der Waals surface area (Å²) < 4.78 is 5.60. The predicted octanol–water partition coefficient (Wildman–Crippen LogP) is 4.14. The second-order valence-corrected chi connectivity index (χ2v) is 8.48. The Balaban J connectivity index is 1.62. The molecule has 0 spiro atoms. The standard InChI is InChI=1S/C20H28N2O2/c1-20(2,3)24-19(23)22-12-11-21-10-9-16(14-7-8-14)17-6-4-5-15(13-22)18(17)21/h4-6,14,16H,7-13H2,1-3H3. The van der Waals surface area contributed by atoms with Crippen LogP contribution >= 0.6 is 0 Å². The molecule has 3 aliphatic rings. The van der Waals surface area contributed by atoms with Gasteiger partial charge in [0.25, 0.3) is 0 Å². The highest BCUT2D eigenvalue weighted by Gasteiger charge is 2.38. The number of anilines is 1. The van der Waals surface area contributed by atoms with Crippen molar-refractivity contribution in [3.8, 4) is 0 Å². The van der Waals surface area contributed by atoms with E-state index in [4.69, 9.17) is 4.74 Å². The number of hydrogen-bond acceptors (Lipinski definition) is 3. The van der Waals surface area contributed by atoms with Gasteiger partial charge in [-0.1, -0.05) is 18.2 Å². The second kappa shape index (κ2) is 5.68. The minimum Gasteiger partial charge on any atom is -0.444 e. The van der Waals surface area contributed by atoms with Crippen molar-refractivity contribution in [1.29, 1.82) is 0 Å². The minimum absolute atomic E-state index is 0.196. The predicted molar refractivity (Wildman–Crippen MR) is 95.4 cm³/mol. The van der Waals surface area contributed by atoms with Gasteiger partial charge in [0.05, 0.1) is 6.54 Å². The van der Waals surface area contributed by atoms with Gasteiger partial charge < -0.3 is 14.5 Å². The largest absolute Gasteiger partial charge is 0.444 e. The third-order valence-electron chi connectivity index (χ3n) is 5.42. The molecule has 1 saturated carbocycles. The van der Waals surface area contributed by atoms with Crippen LogP contribution in [0.5, 0.6) is 0 Å². The first-order valence-corrected chi connectivity index (χ1v) is 9.27. The van der Waals surface area contributed by atoms with Crippen molar-refractivity contribution in [2.75, 3.05) is 24.5 Å². The quantitative estimate of drug-likeness (QED) is 0.777. The first kappa shape index (κ1) is 15.8. The van der Waals surface area contributed by atoms with Crippen LogP contribution in [0.3, 0.4) is 0 Å². The number of benzene rings is 1. The molecule has 130 valence electrons. The Morgan fingerprint density at radius 3 is 2.62 bits per heavy atom. The van der Waals surface area contributed by atoms with Crippen molar-refractivity contribution in [1.82, 2.24) is 4.90 Å². The van der Waals surface area contributed by atoms with Gasteiger partial charge in [-0.05, 0) is 63.0 Å². The highest BCUT2D eigenvalue weighted by atomic mass is 16.6. The van der Waals surface area contributed by atoms with Gasteiger partial charge in [0.2, 0.25) is 0 Å². The molecule has 1 aromatic carbocycles. The number of para-hydroxylation sites is 1. The van der Waals surface area contributed by atoms with Crippen molar-refractivity contribution in [2.45, 2.75) is 58.1 Å². The zero-order chi connectivity index (χ0) is 16.9. The number of carbonyl (C=O) groups excluding carboxylic acids is 1. The number of amides is 1. The average molecular weight is 328 g/mol. The van der Waals surface area contributed by atoms with E-state index in [9.17, 15) is 4.79 Å². The lowest BCUT2D eigenvalue weighted by atomic mass is 9.84. The van der Waals surface area contributed by atoms with Crippen LogP contribution in [-0.4, -0.2) is 36.2 Å². The summed E-state index contributed by atoms with van der Waals surface area (Å²) in [7, 11) is 0. The molecule has 2 aliphatic heterocycles. The van der Waals surface area contributed by atoms with Gasteiger partial charge in [0.1, 0.15) is 5.60 Å². The van der Waals surface area contributed by atoms with Gasteiger partial charge in [-0.2, -0.15) is 0 Å². The fourth-order valence-electron chi connectivity index (χ4n) is 4.21. The Hall–Kier alpha value is -1.71. The summed E-state index contributed by atoms with van der Waals surface area (Å²) in [5.41, 5.74) is 3.76. The van der Waals surface area contributed by atoms with Gasteiger partial charge in [0.15, 0.2) is 0 Å². The van der Waals surface area contributed by atoms with Crippen LogP contribution < -0.4 is 4.90 Å². The topological polar surface area (TPSA) is 32.8 Å². The van der Waals surface area contributed by atoms with E-state index in [-0.39, 0.29) is 6.09 Å². The van der Waals surface area contributed by atoms with E-state index in [0.29, 0.717) is 6.54 Å². The van der Waals surface area contributed by atoms with E-state index in [1.807, 2.05) is 25.7 Å². The van der Waals surface area contributed by atoms with Crippen molar-refractivity contribution in [2.24, 2.45) is 5.92 Å². The molecule has 2 heterocycles. The second-order valence-electron chi connectivity index (χ2n) is 8.48. The maximum Gasteiger partial charge on any atom is 0.410 e. The number of ether oxygens (including phenoxy) is 1. The normalized spacial score (nSPS) is 23.5. The lowest BCUT2D eigenvalue weighted by Crippen LogP contribution is -2.40. The zero-order valence-electron chi connectivity index (χ0n) is 15.0. The minimum atomic E-state index is -0.446. The van der Waals surface area contributed by atoms with E-state index >= 15 is 0 Å². The molecule has 1 unspecified atom stereocenters. The summed E-state index contributed by atoms with van der Waals surface area (Å²) >= 11 is 0. The number of nitrogens with zero attached hydrogens (tertiary/aromatic N) is 2. The number of hydrogen-bond donors (Lipinski definition) is 0. The first-order chi connectivity index (χ1) is 11.4. The Kier molecular flexibility index (Phi) is 3.74. The summed E-state index contributed by atoms with van der Waals surface area (Å²) in [6.45, 7) is 9.19. The molecule has 1 aromatic rings. The van der Waals surface area contributed by atoms with Crippen molar-refractivity contribution in [3.05, 3.63) is 29.3 Å². The van der Waals surface area contributed by atoms with E-state index in [1.54, 1.807) is 0 Å². The van der Waals surface area contributed by atoms with Crippen LogP contribution in [0.15, 0.2) is 18.2 Å². The molecule has 4 rings (SSSR count). The fourth-order valence-corrected chi connectivity index (χ4v) is 4.21. The molecule has 1 fully saturated rings. The van der Waals surface area contributed by atoms with Crippen molar-refractivity contribution >= 4 is 11.8 Å². The summed E-state index contributed by atoms with van der Waals surface area (Å²) in [4.78, 5) is 16.9. The fraction of sp³-hybridized carbons (Fsp3) is 0.650. The highest BCUT2D eigenvalue weighted by molar-refractivity contribution is 5.71. The molecule has 4 nitrogen and oxygen atoms in total. The average Bonchev–Trinajstić information content (AvgIpc) is 3.33. The lowest BCUT2D eigenvalue weighted by molar-refractivity contribution is 0.0243. The highest BCUT2D eigenvalue weighted by Crippen LogP contribution is 2.50. The van der Waals surface area contributed by atoms with Gasteiger partial charge in [-0.25, -0.2) is 4.79 Å². The van der Waals surface area contributed by atoms with Crippen molar-refractivity contribution < 1.29 is 9.53 Å². The van der Waals surface area contributed by atoms with Gasteiger partial charge in [-0.3, -0.25) is 0 Å². The smallest absolute Gasteiger partial charge is 0.410 e. The molecule has 0 radical (unpaired) electrons. The van der Waals surface area contributed by atoms with Crippen LogP contribution in [0.25, 0.3) is 0 Å². The van der Waals surface area contributed by atoms with Crippen molar-refractivity contribution in [3.63, 3.8) is 0 Å². The van der Waals surface area contributed by atoms with Crippen LogP contribution in [0.4, 0.5) is 10.5 Å². The summed E-state index contributed by atoms with van der Waals surface area (Å²) in [6.07, 6.45) is 3.84. The Morgan fingerprint density at radius 2 is 1.92 bits per heavy atom. The lowest BCUT2D eigenvalue weighted by Gasteiger charge is -2.36. The summed E-state index contributed by atoms with van der Waals surface area (Å²) in [5, 5.41) is 0. The van der Waals surface area contributed by atoms with Crippen LogP contribution in [0.2, 0.25) is 0 Å². The van der Waals surface area contributed by atoms with E-state index in [0.717, 1.165) is 31.5 Å². The molecular weight excluding hydrogens is 300 g/mol. The summed E-state index contributed by atoms with van der Waals surface area (Å²) in [6, 6.07) is 6.67. The Bertz CT molecular complexity index is 646. The SMILES string of the molecule is CC(C)(C)OC(=O)N1CCN2CCC(C3CC3)c3cccc(c32)C1. The molecule has 0 saturated heterocycles. The van der Waals surface area contributed by atoms with Crippen LogP contribution in [0.1, 0.15) is 57.1 Å².